The van der Waals surface area contributed by atoms with E-state index in [0.29, 0.717) is 51.0 Å². The Morgan fingerprint density at radius 1 is 1.33 bits per heavy atom. The third kappa shape index (κ3) is 4.88. The Kier molecular flexibility index (Phi) is 6.49. The van der Waals surface area contributed by atoms with Crippen molar-refractivity contribution in [3.63, 3.8) is 0 Å². The second kappa shape index (κ2) is 9.03. The number of hydrogen-bond acceptors (Lipinski definition) is 5. The van der Waals surface area contributed by atoms with E-state index >= 15 is 0 Å². The van der Waals surface area contributed by atoms with Gasteiger partial charge in [0.2, 0.25) is 11.8 Å². The molecular weight excluding hydrogens is 350 g/mol. The number of amides is 3. The van der Waals surface area contributed by atoms with Crippen LogP contribution >= 0.6 is 0 Å². The summed E-state index contributed by atoms with van der Waals surface area (Å²) in [6, 6.07) is 3.38. The first-order valence-corrected chi connectivity index (χ1v) is 9.45. The molecule has 0 spiro atoms. The van der Waals surface area contributed by atoms with E-state index in [1.54, 1.807) is 29.0 Å². The van der Waals surface area contributed by atoms with E-state index in [9.17, 15) is 14.4 Å². The molecule has 0 aliphatic carbocycles. The van der Waals surface area contributed by atoms with Gasteiger partial charge in [-0.1, -0.05) is 0 Å². The Labute approximate surface area is 158 Å². The zero-order chi connectivity index (χ0) is 19.2. The molecule has 3 amide bonds. The average Bonchev–Trinajstić information content (AvgIpc) is 3.33. The minimum atomic E-state index is -0.282. The summed E-state index contributed by atoms with van der Waals surface area (Å²) in [5.74, 6) is 0.312. The monoisotopic (exact) mass is 377 g/mol. The lowest BCUT2D eigenvalue weighted by atomic mass is 9.96. The summed E-state index contributed by atoms with van der Waals surface area (Å²) in [5, 5.41) is 2.81. The number of carbonyl (C=O) groups excluding carboxylic acids is 3. The van der Waals surface area contributed by atoms with Gasteiger partial charge in [0.15, 0.2) is 5.76 Å². The molecule has 3 heterocycles. The largest absolute Gasteiger partial charge is 0.459 e. The fourth-order valence-electron chi connectivity index (χ4n) is 3.73. The summed E-state index contributed by atoms with van der Waals surface area (Å²) < 4.78 is 10.1. The Balaban J connectivity index is 1.43. The first kappa shape index (κ1) is 19.4. The number of carbonyl (C=O) groups is 3. The molecule has 1 aromatic rings. The molecule has 148 valence electrons. The molecule has 27 heavy (non-hydrogen) atoms. The van der Waals surface area contributed by atoms with Gasteiger partial charge in [-0.15, -0.1) is 0 Å². The van der Waals surface area contributed by atoms with Gasteiger partial charge in [-0.3, -0.25) is 14.4 Å². The molecule has 0 radical (unpaired) electrons. The van der Waals surface area contributed by atoms with Crippen molar-refractivity contribution >= 4 is 17.7 Å². The number of piperidine rings is 1. The van der Waals surface area contributed by atoms with Gasteiger partial charge in [-0.25, -0.2) is 0 Å². The number of nitrogens with zero attached hydrogens (tertiary/aromatic N) is 2. The predicted molar refractivity (Wildman–Crippen MR) is 96.9 cm³/mol. The van der Waals surface area contributed by atoms with Gasteiger partial charge < -0.3 is 24.3 Å². The normalized spacial score (nSPS) is 20.9. The van der Waals surface area contributed by atoms with Gasteiger partial charge in [0.25, 0.3) is 5.91 Å². The lowest BCUT2D eigenvalue weighted by Gasteiger charge is -2.33. The topological polar surface area (TPSA) is 92.1 Å². The third-order valence-corrected chi connectivity index (χ3v) is 5.30. The van der Waals surface area contributed by atoms with Gasteiger partial charge >= 0.3 is 0 Å². The van der Waals surface area contributed by atoms with E-state index in [0.717, 1.165) is 12.8 Å². The average molecular weight is 377 g/mol. The molecule has 2 saturated heterocycles. The number of nitrogens with one attached hydrogen (secondary N) is 1. The maximum Gasteiger partial charge on any atom is 0.289 e. The zero-order valence-electron chi connectivity index (χ0n) is 15.7. The summed E-state index contributed by atoms with van der Waals surface area (Å²) >= 11 is 0. The van der Waals surface area contributed by atoms with Gasteiger partial charge in [0.05, 0.1) is 18.8 Å². The molecule has 1 N–H and O–H groups in total. The van der Waals surface area contributed by atoms with E-state index in [1.807, 2.05) is 0 Å². The molecule has 0 bridgehead atoms. The Morgan fingerprint density at radius 3 is 2.78 bits per heavy atom. The number of likely N-dealkylation sites (tertiary alicyclic amines) is 2. The highest BCUT2D eigenvalue weighted by molar-refractivity contribution is 5.91. The number of rotatable bonds is 7. The van der Waals surface area contributed by atoms with Crippen molar-refractivity contribution in [2.75, 3.05) is 46.4 Å². The van der Waals surface area contributed by atoms with Gasteiger partial charge in [-0.05, 0) is 30.9 Å². The standard InChI is InChI=1S/C19H27N3O5/c1-26-10-6-20-18(24)15-11-17(23)22(13-15)12-14-4-7-21(8-5-14)19(25)16-3-2-9-27-16/h2-3,9,14-15H,4-8,10-13H2,1H3,(H,20,24). The van der Waals surface area contributed by atoms with Crippen LogP contribution in [-0.2, 0) is 14.3 Å². The second-order valence-corrected chi connectivity index (χ2v) is 7.20. The molecule has 2 aliphatic heterocycles. The molecule has 2 fully saturated rings. The van der Waals surface area contributed by atoms with Crippen molar-refractivity contribution in [3.05, 3.63) is 24.2 Å². The quantitative estimate of drug-likeness (QED) is 0.708. The fraction of sp³-hybridized carbons (Fsp3) is 0.632. The lowest BCUT2D eigenvalue weighted by molar-refractivity contribution is -0.129. The van der Waals surface area contributed by atoms with E-state index in [2.05, 4.69) is 5.32 Å². The van der Waals surface area contributed by atoms with Crippen LogP contribution in [0, 0.1) is 11.8 Å². The molecule has 8 heteroatoms. The van der Waals surface area contributed by atoms with Gasteiger partial charge in [0.1, 0.15) is 0 Å². The van der Waals surface area contributed by atoms with Crippen LogP contribution in [0.2, 0.25) is 0 Å². The molecular formula is C19H27N3O5. The minimum absolute atomic E-state index is 0.0379. The second-order valence-electron chi connectivity index (χ2n) is 7.20. The van der Waals surface area contributed by atoms with Crippen LogP contribution < -0.4 is 5.32 Å². The zero-order valence-corrected chi connectivity index (χ0v) is 15.7. The summed E-state index contributed by atoms with van der Waals surface area (Å²) in [7, 11) is 1.58. The summed E-state index contributed by atoms with van der Waals surface area (Å²) in [6.07, 6.45) is 3.47. The van der Waals surface area contributed by atoms with Crippen LogP contribution in [0.1, 0.15) is 29.8 Å². The van der Waals surface area contributed by atoms with Crippen LogP contribution in [0.15, 0.2) is 22.8 Å². The third-order valence-electron chi connectivity index (χ3n) is 5.30. The Hall–Kier alpha value is -2.35. The fourth-order valence-corrected chi connectivity index (χ4v) is 3.73. The van der Waals surface area contributed by atoms with Crippen molar-refractivity contribution in [1.29, 1.82) is 0 Å². The molecule has 8 nitrogen and oxygen atoms in total. The van der Waals surface area contributed by atoms with Crippen molar-refractivity contribution in [3.8, 4) is 0 Å². The molecule has 1 unspecified atom stereocenters. The maximum atomic E-state index is 12.3. The first-order chi connectivity index (χ1) is 13.1. The van der Waals surface area contributed by atoms with E-state index in [-0.39, 0.29) is 30.1 Å². The van der Waals surface area contributed by atoms with Crippen LogP contribution in [0.4, 0.5) is 0 Å². The smallest absolute Gasteiger partial charge is 0.289 e. The molecule has 1 aromatic heterocycles. The number of methoxy groups -OCH3 is 1. The summed E-state index contributed by atoms with van der Waals surface area (Å²) in [5.41, 5.74) is 0. The van der Waals surface area contributed by atoms with Crippen molar-refractivity contribution in [2.45, 2.75) is 19.3 Å². The molecule has 3 rings (SSSR count). The van der Waals surface area contributed by atoms with Crippen LogP contribution in [0.25, 0.3) is 0 Å². The highest BCUT2D eigenvalue weighted by atomic mass is 16.5. The van der Waals surface area contributed by atoms with Gasteiger partial charge in [-0.2, -0.15) is 0 Å². The van der Waals surface area contributed by atoms with Crippen LogP contribution in [0.5, 0.6) is 0 Å². The highest BCUT2D eigenvalue weighted by Crippen LogP contribution is 2.24. The molecule has 0 aromatic carbocycles. The molecule has 2 aliphatic rings. The molecule has 0 saturated carbocycles. The highest BCUT2D eigenvalue weighted by Gasteiger charge is 2.36. The molecule has 1 atom stereocenters. The predicted octanol–water partition coefficient (Wildman–Crippen LogP) is 0.743. The maximum absolute atomic E-state index is 12.3. The van der Waals surface area contributed by atoms with Crippen molar-refractivity contribution < 1.29 is 23.5 Å². The number of ether oxygens (including phenoxy) is 1. The summed E-state index contributed by atoms with van der Waals surface area (Å²) in [4.78, 5) is 40.3. The Bertz CT molecular complexity index is 652. The van der Waals surface area contributed by atoms with E-state index in [4.69, 9.17) is 9.15 Å². The van der Waals surface area contributed by atoms with Crippen molar-refractivity contribution in [2.24, 2.45) is 11.8 Å². The van der Waals surface area contributed by atoms with E-state index in [1.165, 1.54) is 6.26 Å². The van der Waals surface area contributed by atoms with Crippen LogP contribution in [-0.4, -0.2) is 74.0 Å². The number of hydrogen-bond donors (Lipinski definition) is 1. The van der Waals surface area contributed by atoms with E-state index < -0.39 is 0 Å². The van der Waals surface area contributed by atoms with Gasteiger partial charge in [0, 0.05) is 46.3 Å². The lowest BCUT2D eigenvalue weighted by Crippen LogP contribution is -2.42. The minimum Gasteiger partial charge on any atom is -0.459 e. The number of furan rings is 1. The first-order valence-electron chi connectivity index (χ1n) is 9.45. The van der Waals surface area contributed by atoms with Crippen molar-refractivity contribution in [1.82, 2.24) is 15.1 Å². The van der Waals surface area contributed by atoms with Crippen LogP contribution in [0.3, 0.4) is 0 Å². The summed E-state index contributed by atoms with van der Waals surface area (Å²) in [6.45, 7) is 3.38. The Morgan fingerprint density at radius 2 is 2.11 bits per heavy atom. The SMILES string of the molecule is COCCNC(=O)C1CC(=O)N(CC2CCN(C(=O)c3ccco3)CC2)C1.